The van der Waals surface area contributed by atoms with Crippen LogP contribution in [0, 0.1) is 0 Å². The molecular formula is C20H22N2O2S. The highest BCUT2D eigenvalue weighted by molar-refractivity contribution is 8.01. The third-order valence-corrected chi connectivity index (χ3v) is 5.62. The van der Waals surface area contributed by atoms with Crippen molar-refractivity contribution in [1.82, 2.24) is 0 Å². The zero-order valence-corrected chi connectivity index (χ0v) is 15.3. The molecule has 2 aromatic rings. The summed E-state index contributed by atoms with van der Waals surface area (Å²) in [6.07, 6.45) is 1.87. The molecule has 0 spiro atoms. The number of benzene rings is 2. The van der Waals surface area contributed by atoms with Gasteiger partial charge in [-0.1, -0.05) is 44.2 Å². The van der Waals surface area contributed by atoms with Crippen molar-refractivity contribution in [2.75, 3.05) is 10.6 Å². The number of anilines is 2. The van der Waals surface area contributed by atoms with E-state index in [0.717, 1.165) is 40.2 Å². The predicted octanol–water partition coefficient (Wildman–Crippen LogP) is 4.25. The van der Waals surface area contributed by atoms with Gasteiger partial charge in [0.2, 0.25) is 11.8 Å². The maximum atomic E-state index is 12.6. The van der Waals surface area contributed by atoms with Gasteiger partial charge in [-0.2, -0.15) is 0 Å². The van der Waals surface area contributed by atoms with Crippen LogP contribution < -0.4 is 10.6 Å². The Balaban J connectivity index is 1.73. The van der Waals surface area contributed by atoms with Crippen LogP contribution in [-0.4, -0.2) is 17.1 Å². The molecular weight excluding hydrogens is 332 g/mol. The normalized spacial score (nSPS) is 16.1. The zero-order valence-electron chi connectivity index (χ0n) is 14.5. The van der Waals surface area contributed by atoms with E-state index in [-0.39, 0.29) is 18.2 Å². The highest BCUT2D eigenvalue weighted by atomic mass is 32.2. The van der Waals surface area contributed by atoms with E-state index in [1.54, 1.807) is 0 Å². The van der Waals surface area contributed by atoms with Crippen molar-refractivity contribution < 1.29 is 9.59 Å². The fourth-order valence-electron chi connectivity index (χ4n) is 2.99. The number of thioether (sulfide) groups is 1. The molecule has 1 atom stereocenters. The van der Waals surface area contributed by atoms with Crippen LogP contribution in [-0.2, 0) is 22.4 Å². The molecule has 130 valence electrons. The first kappa shape index (κ1) is 17.5. The maximum absolute atomic E-state index is 12.6. The summed E-state index contributed by atoms with van der Waals surface area (Å²) in [4.78, 5) is 25.9. The second-order valence-corrected chi connectivity index (χ2v) is 7.25. The minimum atomic E-state index is -0.409. The first-order valence-electron chi connectivity index (χ1n) is 8.59. The van der Waals surface area contributed by atoms with Crippen molar-refractivity contribution in [1.29, 1.82) is 0 Å². The number of hydrogen-bond donors (Lipinski definition) is 2. The molecule has 4 nitrogen and oxygen atoms in total. The van der Waals surface area contributed by atoms with Gasteiger partial charge in [-0.05, 0) is 36.1 Å². The van der Waals surface area contributed by atoms with Gasteiger partial charge in [0.15, 0.2) is 0 Å². The Morgan fingerprint density at radius 1 is 1.08 bits per heavy atom. The second-order valence-electron chi connectivity index (χ2n) is 6.00. The Morgan fingerprint density at radius 3 is 2.44 bits per heavy atom. The van der Waals surface area contributed by atoms with E-state index in [1.807, 2.05) is 42.5 Å². The molecule has 1 heterocycles. The van der Waals surface area contributed by atoms with E-state index in [2.05, 4.69) is 24.5 Å². The lowest BCUT2D eigenvalue weighted by Crippen LogP contribution is -2.32. The number of fused-ring (bicyclic) bond motifs is 1. The lowest BCUT2D eigenvalue weighted by molar-refractivity contribution is -0.120. The minimum Gasteiger partial charge on any atom is -0.326 e. The summed E-state index contributed by atoms with van der Waals surface area (Å²) in [6, 6.07) is 13.8. The van der Waals surface area contributed by atoms with E-state index < -0.39 is 5.25 Å². The van der Waals surface area contributed by atoms with Crippen LogP contribution in [0.3, 0.4) is 0 Å². The Kier molecular flexibility index (Phi) is 5.43. The number of rotatable bonds is 5. The van der Waals surface area contributed by atoms with E-state index >= 15 is 0 Å². The number of nitrogens with one attached hydrogen (secondary N) is 2. The average molecular weight is 354 g/mol. The molecule has 0 fully saturated rings. The predicted molar refractivity (Wildman–Crippen MR) is 103 cm³/mol. The van der Waals surface area contributed by atoms with Gasteiger partial charge in [-0.3, -0.25) is 9.59 Å². The van der Waals surface area contributed by atoms with Crippen LogP contribution in [0.15, 0.2) is 47.4 Å². The van der Waals surface area contributed by atoms with Crippen molar-refractivity contribution in [3.8, 4) is 0 Å². The molecule has 0 bridgehead atoms. The lowest BCUT2D eigenvalue weighted by Gasteiger charge is -2.24. The molecule has 0 radical (unpaired) electrons. The third kappa shape index (κ3) is 3.87. The number of carbonyl (C=O) groups is 2. The van der Waals surface area contributed by atoms with Crippen molar-refractivity contribution in [2.24, 2.45) is 0 Å². The molecule has 0 saturated heterocycles. The Labute approximate surface area is 152 Å². The first-order valence-corrected chi connectivity index (χ1v) is 9.47. The molecule has 0 saturated carbocycles. The molecule has 2 N–H and O–H groups in total. The number of carbonyl (C=O) groups excluding carboxylic acids is 2. The number of para-hydroxylation sites is 2. The average Bonchev–Trinajstić information content (AvgIpc) is 2.62. The van der Waals surface area contributed by atoms with Gasteiger partial charge in [0.25, 0.3) is 0 Å². The summed E-state index contributed by atoms with van der Waals surface area (Å²) < 4.78 is 0. The van der Waals surface area contributed by atoms with Crippen molar-refractivity contribution in [2.45, 2.75) is 43.3 Å². The largest absolute Gasteiger partial charge is 0.326 e. The summed E-state index contributed by atoms with van der Waals surface area (Å²) in [5.74, 6) is -0.235. The van der Waals surface area contributed by atoms with Gasteiger partial charge in [-0.25, -0.2) is 0 Å². The summed E-state index contributed by atoms with van der Waals surface area (Å²) in [7, 11) is 0. The fourth-order valence-corrected chi connectivity index (χ4v) is 4.10. The maximum Gasteiger partial charge on any atom is 0.238 e. The Hall–Kier alpha value is -2.27. The molecule has 2 amide bonds. The van der Waals surface area contributed by atoms with E-state index in [0.29, 0.717) is 0 Å². The summed E-state index contributed by atoms with van der Waals surface area (Å²) in [5, 5.41) is 5.52. The smallest absolute Gasteiger partial charge is 0.238 e. The first-order chi connectivity index (χ1) is 12.1. The fraction of sp³-hybridized carbons (Fsp3) is 0.300. The van der Waals surface area contributed by atoms with Gasteiger partial charge < -0.3 is 10.6 Å². The summed E-state index contributed by atoms with van der Waals surface area (Å²) in [5.41, 5.74) is 3.97. The van der Waals surface area contributed by atoms with Crippen LogP contribution in [0.4, 0.5) is 11.4 Å². The molecule has 3 rings (SSSR count). The zero-order chi connectivity index (χ0) is 17.8. The van der Waals surface area contributed by atoms with E-state index in [9.17, 15) is 9.59 Å². The van der Waals surface area contributed by atoms with Crippen molar-refractivity contribution >= 4 is 35.0 Å². The van der Waals surface area contributed by atoms with Gasteiger partial charge in [0.05, 0.1) is 10.9 Å². The number of amides is 2. The van der Waals surface area contributed by atoms with Crippen molar-refractivity contribution in [3.05, 3.63) is 53.6 Å². The van der Waals surface area contributed by atoms with Crippen LogP contribution >= 0.6 is 11.8 Å². The lowest BCUT2D eigenvalue weighted by atomic mass is 10.0. The van der Waals surface area contributed by atoms with Gasteiger partial charge in [-0.15, -0.1) is 11.8 Å². The van der Waals surface area contributed by atoms with Gasteiger partial charge in [0, 0.05) is 17.0 Å². The van der Waals surface area contributed by atoms with Crippen LogP contribution in [0.25, 0.3) is 0 Å². The molecule has 2 aromatic carbocycles. The van der Waals surface area contributed by atoms with Crippen molar-refractivity contribution in [3.63, 3.8) is 0 Å². The van der Waals surface area contributed by atoms with Crippen LogP contribution in [0.5, 0.6) is 0 Å². The van der Waals surface area contributed by atoms with Crippen LogP contribution in [0.1, 0.15) is 31.4 Å². The second kappa shape index (κ2) is 7.74. The molecule has 1 aliphatic rings. The highest BCUT2D eigenvalue weighted by Gasteiger charge is 2.29. The summed E-state index contributed by atoms with van der Waals surface area (Å²) >= 11 is 1.45. The monoisotopic (exact) mass is 354 g/mol. The minimum absolute atomic E-state index is 0.113. The topological polar surface area (TPSA) is 58.2 Å². The van der Waals surface area contributed by atoms with Gasteiger partial charge >= 0.3 is 0 Å². The molecule has 5 heteroatoms. The van der Waals surface area contributed by atoms with Gasteiger partial charge in [0.1, 0.15) is 0 Å². The molecule has 1 unspecified atom stereocenters. The highest BCUT2D eigenvalue weighted by Crippen LogP contribution is 2.36. The molecule has 0 aromatic heterocycles. The Morgan fingerprint density at radius 2 is 1.76 bits per heavy atom. The SMILES string of the molecule is CCc1cccc(CC)c1NC(=O)CC1Sc2ccccc2NC1=O. The molecule has 0 aliphatic carbocycles. The molecule has 25 heavy (non-hydrogen) atoms. The third-order valence-electron chi connectivity index (χ3n) is 4.34. The Bertz CT molecular complexity index is 782. The van der Waals surface area contributed by atoms with E-state index in [4.69, 9.17) is 0 Å². The quantitative estimate of drug-likeness (QED) is 0.844. The summed E-state index contributed by atoms with van der Waals surface area (Å²) in [6.45, 7) is 4.15. The number of hydrogen-bond acceptors (Lipinski definition) is 3. The standard InChI is InChI=1S/C20H22N2O2S/c1-3-13-8-7-9-14(4-2)19(13)22-18(23)12-17-20(24)21-15-10-5-6-11-16(15)25-17/h5-11,17H,3-4,12H2,1-2H3,(H,21,24)(H,22,23). The molecule has 1 aliphatic heterocycles. The number of aryl methyl sites for hydroxylation is 2. The van der Waals surface area contributed by atoms with Crippen LogP contribution in [0.2, 0.25) is 0 Å². The van der Waals surface area contributed by atoms with E-state index in [1.165, 1.54) is 11.8 Å².